The van der Waals surface area contributed by atoms with Gasteiger partial charge in [-0.15, -0.1) is 0 Å². The number of amides is 1. The summed E-state index contributed by atoms with van der Waals surface area (Å²) in [6, 6.07) is 8.51. The van der Waals surface area contributed by atoms with E-state index in [1.165, 1.54) is 5.56 Å². The topological polar surface area (TPSA) is 32.8 Å². The van der Waals surface area contributed by atoms with Gasteiger partial charge < -0.3 is 9.64 Å². The van der Waals surface area contributed by atoms with E-state index in [4.69, 9.17) is 4.74 Å². The molecule has 0 saturated carbocycles. The van der Waals surface area contributed by atoms with E-state index in [-0.39, 0.29) is 5.91 Å². The number of piperidine rings is 1. The Morgan fingerprint density at radius 3 is 2.29 bits per heavy atom. The fraction of sp³-hybridized carbons (Fsp3) is 0.588. The molecular formula is C17H24N2O2. The molecule has 0 aromatic heterocycles. The molecule has 2 heterocycles. The maximum Gasteiger partial charge on any atom is 0.253 e. The van der Waals surface area contributed by atoms with Gasteiger partial charge in [-0.2, -0.15) is 0 Å². The van der Waals surface area contributed by atoms with E-state index in [2.05, 4.69) is 4.90 Å². The molecule has 1 aromatic carbocycles. The van der Waals surface area contributed by atoms with Gasteiger partial charge in [0.2, 0.25) is 0 Å². The summed E-state index contributed by atoms with van der Waals surface area (Å²) in [4.78, 5) is 17.0. The van der Waals surface area contributed by atoms with Crippen molar-refractivity contribution in [2.45, 2.75) is 25.8 Å². The molecule has 0 aliphatic carbocycles. The summed E-state index contributed by atoms with van der Waals surface area (Å²) < 4.78 is 5.41. The lowest BCUT2D eigenvalue weighted by Gasteiger charge is -2.40. The fourth-order valence-electron chi connectivity index (χ4n) is 3.26. The largest absolute Gasteiger partial charge is 0.379 e. The Balaban J connectivity index is 1.55. The molecule has 0 bridgehead atoms. The fourth-order valence-corrected chi connectivity index (χ4v) is 3.26. The lowest BCUT2D eigenvalue weighted by Crippen LogP contribution is -2.50. The molecule has 21 heavy (non-hydrogen) atoms. The zero-order valence-electron chi connectivity index (χ0n) is 12.8. The summed E-state index contributed by atoms with van der Waals surface area (Å²) in [6.45, 7) is 7.56. The van der Waals surface area contributed by atoms with Gasteiger partial charge in [0, 0.05) is 37.8 Å². The number of hydrogen-bond acceptors (Lipinski definition) is 3. The second-order valence-electron chi connectivity index (χ2n) is 6.04. The van der Waals surface area contributed by atoms with Crippen molar-refractivity contribution in [2.24, 2.45) is 0 Å². The van der Waals surface area contributed by atoms with Crippen molar-refractivity contribution >= 4 is 5.91 Å². The van der Waals surface area contributed by atoms with Crippen molar-refractivity contribution in [1.82, 2.24) is 9.80 Å². The Bertz CT molecular complexity index is 472. The van der Waals surface area contributed by atoms with Crippen molar-refractivity contribution in [3.63, 3.8) is 0 Å². The summed E-state index contributed by atoms with van der Waals surface area (Å²) in [7, 11) is 0. The van der Waals surface area contributed by atoms with Gasteiger partial charge >= 0.3 is 0 Å². The number of aryl methyl sites for hydroxylation is 1. The molecule has 0 atom stereocenters. The van der Waals surface area contributed by atoms with Crippen LogP contribution >= 0.6 is 0 Å². The number of likely N-dealkylation sites (tertiary alicyclic amines) is 1. The van der Waals surface area contributed by atoms with Gasteiger partial charge in [-0.3, -0.25) is 9.69 Å². The SMILES string of the molecule is Cc1ccc(C(=O)N2CCC(N3CCOCC3)CC2)cc1. The summed E-state index contributed by atoms with van der Waals surface area (Å²) >= 11 is 0. The van der Waals surface area contributed by atoms with Crippen molar-refractivity contribution in [1.29, 1.82) is 0 Å². The smallest absolute Gasteiger partial charge is 0.253 e. The van der Waals surface area contributed by atoms with Crippen molar-refractivity contribution in [3.05, 3.63) is 35.4 Å². The minimum absolute atomic E-state index is 0.176. The molecule has 0 unspecified atom stereocenters. The Morgan fingerprint density at radius 1 is 1.05 bits per heavy atom. The predicted octanol–water partition coefficient (Wildman–Crippen LogP) is 1.93. The van der Waals surface area contributed by atoms with Crippen LogP contribution in [-0.4, -0.2) is 61.1 Å². The van der Waals surface area contributed by atoms with E-state index in [1.807, 2.05) is 36.1 Å². The quantitative estimate of drug-likeness (QED) is 0.833. The number of morpholine rings is 1. The van der Waals surface area contributed by atoms with Gasteiger partial charge in [-0.05, 0) is 31.9 Å². The molecule has 0 N–H and O–H groups in total. The van der Waals surface area contributed by atoms with Crippen LogP contribution in [0.25, 0.3) is 0 Å². The minimum atomic E-state index is 0.176. The number of nitrogens with zero attached hydrogens (tertiary/aromatic N) is 2. The van der Waals surface area contributed by atoms with Gasteiger partial charge in [0.1, 0.15) is 0 Å². The van der Waals surface area contributed by atoms with Gasteiger partial charge in [-0.1, -0.05) is 17.7 Å². The number of hydrogen-bond donors (Lipinski definition) is 0. The first-order chi connectivity index (χ1) is 10.2. The lowest BCUT2D eigenvalue weighted by molar-refractivity contribution is 0.00159. The standard InChI is InChI=1S/C17H24N2O2/c1-14-2-4-15(5-3-14)17(20)19-8-6-16(7-9-19)18-10-12-21-13-11-18/h2-5,16H,6-13H2,1H3. The van der Waals surface area contributed by atoms with E-state index in [9.17, 15) is 4.79 Å². The highest BCUT2D eigenvalue weighted by molar-refractivity contribution is 5.94. The molecule has 1 amide bonds. The van der Waals surface area contributed by atoms with Crippen molar-refractivity contribution in [2.75, 3.05) is 39.4 Å². The summed E-state index contributed by atoms with van der Waals surface area (Å²) in [5.74, 6) is 0.176. The summed E-state index contributed by atoms with van der Waals surface area (Å²) in [5.41, 5.74) is 2.00. The van der Waals surface area contributed by atoms with Crippen LogP contribution in [0.3, 0.4) is 0 Å². The molecule has 2 fully saturated rings. The van der Waals surface area contributed by atoms with Crippen LogP contribution in [0.1, 0.15) is 28.8 Å². The molecule has 114 valence electrons. The molecule has 2 aliphatic heterocycles. The second-order valence-corrected chi connectivity index (χ2v) is 6.04. The van der Waals surface area contributed by atoms with Crippen molar-refractivity contribution in [3.8, 4) is 0 Å². The summed E-state index contributed by atoms with van der Waals surface area (Å²) in [6.07, 6.45) is 2.16. The highest BCUT2D eigenvalue weighted by atomic mass is 16.5. The molecule has 4 heteroatoms. The van der Waals surface area contributed by atoms with Gasteiger partial charge in [0.05, 0.1) is 13.2 Å². The Labute approximate surface area is 126 Å². The number of benzene rings is 1. The normalized spacial score (nSPS) is 21.5. The number of carbonyl (C=O) groups excluding carboxylic acids is 1. The van der Waals surface area contributed by atoms with Crippen LogP contribution in [0, 0.1) is 6.92 Å². The Hall–Kier alpha value is -1.39. The first-order valence-corrected chi connectivity index (χ1v) is 7.92. The molecular weight excluding hydrogens is 264 g/mol. The maximum atomic E-state index is 12.5. The Morgan fingerprint density at radius 2 is 1.67 bits per heavy atom. The Kier molecular flexibility index (Phi) is 4.56. The second kappa shape index (κ2) is 6.58. The van der Waals surface area contributed by atoms with E-state index >= 15 is 0 Å². The number of ether oxygens (including phenoxy) is 1. The van der Waals surface area contributed by atoms with E-state index < -0.39 is 0 Å². The third-order valence-corrected chi connectivity index (χ3v) is 4.61. The molecule has 2 saturated heterocycles. The molecule has 1 aromatic rings. The summed E-state index contributed by atoms with van der Waals surface area (Å²) in [5, 5.41) is 0. The van der Waals surface area contributed by atoms with Crippen LogP contribution in [-0.2, 0) is 4.74 Å². The average Bonchev–Trinajstić information content (AvgIpc) is 2.56. The highest BCUT2D eigenvalue weighted by Gasteiger charge is 2.28. The zero-order chi connectivity index (χ0) is 14.7. The van der Waals surface area contributed by atoms with E-state index in [0.717, 1.165) is 57.8 Å². The van der Waals surface area contributed by atoms with Crippen LogP contribution in [0.15, 0.2) is 24.3 Å². The molecule has 0 radical (unpaired) electrons. The van der Waals surface area contributed by atoms with Crippen LogP contribution in [0.5, 0.6) is 0 Å². The zero-order valence-corrected chi connectivity index (χ0v) is 12.8. The number of rotatable bonds is 2. The molecule has 3 rings (SSSR count). The molecule has 2 aliphatic rings. The minimum Gasteiger partial charge on any atom is -0.379 e. The van der Waals surface area contributed by atoms with E-state index in [0.29, 0.717) is 6.04 Å². The predicted molar refractivity (Wildman–Crippen MR) is 82.5 cm³/mol. The third kappa shape index (κ3) is 3.44. The average molecular weight is 288 g/mol. The van der Waals surface area contributed by atoms with Crippen LogP contribution in [0.2, 0.25) is 0 Å². The monoisotopic (exact) mass is 288 g/mol. The van der Waals surface area contributed by atoms with Gasteiger partial charge in [-0.25, -0.2) is 0 Å². The van der Waals surface area contributed by atoms with E-state index in [1.54, 1.807) is 0 Å². The van der Waals surface area contributed by atoms with Gasteiger partial charge in [0.15, 0.2) is 0 Å². The van der Waals surface area contributed by atoms with Crippen LogP contribution in [0.4, 0.5) is 0 Å². The first-order valence-electron chi connectivity index (χ1n) is 7.92. The van der Waals surface area contributed by atoms with Gasteiger partial charge in [0.25, 0.3) is 5.91 Å². The first kappa shape index (κ1) is 14.5. The molecule has 0 spiro atoms. The van der Waals surface area contributed by atoms with Crippen LogP contribution < -0.4 is 0 Å². The lowest BCUT2D eigenvalue weighted by atomic mass is 10.0. The van der Waals surface area contributed by atoms with Crippen molar-refractivity contribution < 1.29 is 9.53 Å². The highest BCUT2D eigenvalue weighted by Crippen LogP contribution is 2.19. The maximum absolute atomic E-state index is 12.5. The number of carbonyl (C=O) groups is 1. The third-order valence-electron chi connectivity index (χ3n) is 4.61. The molecule has 4 nitrogen and oxygen atoms in total.